The number of Topliss-reactive ketones (excluding diaryl/α,β-unsaturated/α-hetero) is 1. The second kappa shape index (κ2) is 9.83. The zero-order chi connectivity index (χ0) is 22.7. The van der Waals surface area contributed by atoms with Gasteiger partial charge in [-0.2, -0.15) is 0 Å². The third kappa shape index (κ3) is 5.36. The maximum absolute atomic E-state index is 12.3. The van der Waals surface area contributed by atoms with Gasteiger partial charge in [-0.05, 0) is 67.7 Å². The number of fused-ring (bicyclic) bond motifs is 1. The Morgan fingerprint density at radius 3 is 2.28 bits per heavy atom. The van der Waals surface area contributed by atoms with E-state index in [2.05, 4.69) is 16.0 Å². The zero-order valence-corrected chi connectivity index (χ0v) is 18.7. The van der Waals surface area contributed by atoms with E-state index in [1.165, 1.54) is 6.92 Å². The molecule has 32 heavy (non-hydrogen) atoms. The van der Waals surface area contributed by atoms with Gasteiger partial charge in [0, 0.05) is 22.0 Å². The highest BCUT2D eigenvalue weighted by molar-refractivity contribution is 7.80. The van der Waals surface area contributed by atoms with Gasteiger partial charge in [-0.3, -0.25) is 10.1 Å². The van der Waals surface area contributed by atoms with Crippen molar-refractivity contribution in [1.29, 1.82) is 0 Å². The van der Waals surface area contributed by atoms with Gasteiger partial charge in [0.25, 0.3) is 0 Å². The highest BCUT2D eigenvalue weighted by Crippen LogP contribution is 2.29. The van der Waals surface area contributed by atoms with Gasteiger partial charge in [0.1, 0.15) is 12.2 Å². The van der Waals surface area contributed by atoms with Crippen LogP contribution in [0, 0.1) is 0 Å². The first-order valence-corrected chi connectivity index (χ1v) is 10.8. The summed E-state index contributed by atoms with van der Waals surface area (Å²) in [4.78, 5) is 23.6. The Bertz CT molecular complexity index is 1000. The van der Waals surface area contributed by atoms with Gasteiger partial charge in [0.15, 0.2) is 17.0 Å². The molecule has 2 aliphatic rings. The number of nitrogens with one attached hydrogen (secondary N) is 3. The molecule has 0 aliphatic carbocycles. The molecule has 0 spiro atoms. The Balaban J connectivity index is 1.27. The van der Waals surface area contributed by atoms with Crippen LogP contribution < -0.4 is 16.0 Å². The van der Waals surface area contributed by atoms with E-state index < -0.39 is 18.3 Å². The van der Waals surface area contributed by atoms with Crippen molar-refractivity contribution in [3.05, 3.63) is 59.1 Å². The largest absolute Gasteiger partial charge is 0.441 e. The standard InChI is InChI=1S/C22H22ClN3O5S/c1-12(27)13-2-6-16(7-3-13)25-22(28)31-18-11-30-19-17(10-29-20(18)19)26-21(32)24-15-8-4-14(23)5-9-15/h2-9,17-20H,10-11H2,1H3,(H,25,28)(H2,24,26,32)/t17-,18-,19-,20+/m0/s1. The quantitative estimate of drug-likeness (QED) is 0.445. The van der Waals surface area contributed by atoms with E-state index in [0.717, 1.165) is 5.69 Å². The number of amides is 1. The van der Waals surface area contributed by atoms with Crippen LogP contribution in [0.5, 0.6) is 0 Å². The first kappa shape index (κ1) is 22.5. The molecule has 2 saturated heterocycles. The fraction of sp³-hybridized carbons (Fsp3) is 0.318. The molecule has 168 valence electrons. The van der Waals surface area contributed by atoms with Gasteiger partial charge in [0.05, 0.1) is 19.3 Å². The smallest absolute Gasteiger partial charge is 0.412 e. The van der Waals surface area contributed by atoms with E-state index in [1.807, 2.05) is 12.1 Å². The van der Waals surface area contributed by atoms with Crippen molar-refractivity contribution in [2.75, 3.05) is 23.8 Å². The van der Waals surface area contributed by atoms with Crippen LogP contribution in [0.1, 0.15) is 17.3 Å². The lowest BCUT2D eigenvalue weighted by Gasteiger charge is -2.20. The summed E-state index contributed by atoms with van der Waals surface area (Å²) in [7, 11) is 0. The first-order chi connectivity index (χ1) is 15.4. The van der Waals surface area contributed by atoms with Gasteiger partial charge in [-0.15, -0.1) is 0 Å². The molecule has 2 aromatic carbocycles. The van der Waals surface area contributed by atoms with Gasteiger partial charge in [0.2, 0.25) is 0 Å². The molecule has 1 amide bonds. The number of carbonyl (C=O) groups is 2. The summed E-state index contributed by atoms with van der Waals surface area (Å²) in [6.45, 7) is 2.07. The molecule has 0 aromatic heterocycles. The maximum Gasteiger partial charge on any atom is 0.412 e. The molecule has 0 bridgehead atoms. The summed E-state index contributed by atoms with van der Waals surface area (Å²) in [5.74, 6) is -0.0438. The van der Waals surface area contributed by atoms with E-state index in [-0.39, 0.29) is 24.5 Å². The molecule has 8 nitrogen and oxygen atoms in total. The summed E-state index contributed by atoms with van der Waals surface area (Å²) in [5.41, 5.74) is 1.90. The van der Waals surface area contributed by atoms with Crippen molar-refractivity contribution in [3.8, 4) is 0 Å². The van der Waals surface area contributed by atoms with Gasteiger partial charge in [-0.25, -0.2) is 4.79 Å². The Labute approximate surface area is 195 Å². The predicted octanol–water partition coefficient (Wildman–Crippen LogP) is 3.61. The summed E-state index contributed by atoms with van der Waals surface area (Å²) in [6.07, 6.45) is -1.85. The minimum absolute atomic E-state index is 0.0438. The highest BCUT2D eigenvalue weighted by atomic mass is 35.5. The lowest BCUT2D eigenvalue weighted by atomic mass is 10.1. The zero-order valence-electron chi connectivity index (χ0n) is 17.2. The Morgan fingerprint density at radius 2 is 1.59 bits per heavy atom. The Hall–Kier alpha value is -2.72. The number of halogens is 1. The molecular formula is C22H22ClN3O5S. The van der Waals surface area contributed by atoms with Crippen molar-refractivity contribution in [2.24, 2.45) is 0 Å². The normalized spacial score (nSPS) is 23.8. The second-order valence-corrected chi connectivity index (χ2v) is 8.35. The van der Waals surface area contributed by atoms with Crippen LogP contribution in [0.25, 0.3) is 0 Å². The fourth-order valence-electron chi connectivity index (χ4n) is 3.63. The van der Waals surface area contributed by atoms with Crippen molar-refractivity contribution in [1.82, 2.24) is 5.32 Å². The van der Waals surface area contributed by atoms with Crippen LogP contribution in [0.2, 0.25) is 5.02 Å². The lowest BCUT2D eigenvalue weighted by molar-refractivity contribution is 0.00880. The number of benzene rings is 2. The number of rotatable bonds is 5. The summed E-state index contributed by atoms with van der Waals surface area (Å²) in [5, 5.41) is 10.0. The van der Waals surface area contributed by atoms with E-state index in [4.69, 9.17) is 38.0 Å². The molecule has 0 unspecified atom stereocenters. The third-order valence-corrected chi connectivity index (χ3v) is 5.69. The average Bonchev–Trinajstić information content (AvgIpc) is 3.33. The molecule has 2 aliphatic heterocycles. The number of thiocarbonyl (C=S) groups is 1. The van der Waals surface area contributed by atoms with Crippen LogP contribution in [-0.2, 0) is 14.2 Å². The molecule has 2 fully saturated rings. The fourth-order valence-corrected chi connectivity index (χ4v) is 4.03. The number of carbonyl (C=O) groups excluding carboxylic acids is 2. The minimum atomic E-state index is -0.616. The van der Waals surface area contributed by atoms with Crippen LogP contribution >= 0.6 is 23.8 Å². The van der Waals surface area contributed by atoms with Crippen LogP contribution in [0.4, 0.5) is 16.2 Å². The van der Waals surface area contributed by atoms with Gasteiger partial charge >= 0.3 is 6.09 Å². The van der Waals surface area contributed by atoms with E-state index in [1.54, 1.807) is 36.4 Å². The van der Waals surface area contributed by atoms with Crippen LogP contribution in [0.15, 0.2) is 48.5 Å². The summed E-state index contributed by atoms with van der Waals surface area (Å²) < 4.78 is 17.2. The monoisotopic (exact) mass is 475 g/mol. The molecule has 0 radical (unpaired) electrons. The molecule has 4 atom stereocenters. The summed E-state index contributed by atoms with van der Waals surface area (Å²) >= 11 is 11.3. The Kier molecular flexibility index (Phi) is 6.90. The van der Waals surface area contributed by atoms with Crippen LogP contribution in [0.3, 0.4) is 0 Å². The molecule has 2 aromatic rings. The molecule has 4 rings (SSSR count). The number of hydrogen-bond donors (Lipinski definition) is 3. The number of ketones is 1. The molecule has 3 N–H and O–H groups in total. The number of anilines is 2. The lowest BCUT2D eigenvalue weighted by Crippen LogP contribution is -2.46. The SMILES string of the molecule is CC(=O)c1ccc(NC(=O)O[C@H]2CO[C@@H]3[C@@H]2OC[C@@H]3NC(=S)Nc2ccc(Cl)cc2)cc1. The highest BCUT2D eigenvalue weighted by Gasteiger charge is 2.49. The van der Waals surface area contributed by atoms with Crippen molar-refractivity contribution in [3.63, 3.8) is 0 Å². The molecule has 10 heteroatoms. The molecule has 0 saturated carbocycles. The van der Waals surface area contributed by atoms with Gasteiger partial charge in [-0.1, -0.05) is 11.6 Å². The third-order valence-electron chi connectivity index (χ3n) is 5.22. The van der Waals surface area contributed by atoms with Crippen molar-refractivity contribution < 1.29 is 23.8 Å². The molecular weight excluding hydrogens is 454 g/mol. The summed E-state index contributed by atoms with van der Waals surface area (Å²) in [6, 6.07) is 13.6. The number of ether oxygens (including phenoxy) is 3. The van der Waals surface area contributed by atoms with Crippen molar-refractivity contribution >= 4 is 52.2 Å². The predicted molar refractivity (Wildman–Crippen MR) is 124 cm³/mol. The first-order valence-electron chi connectivity index (χ1n) is 10.0. The maximum atomic E-state index is 12.3. The van der Waals surface area contributed by atoms with Crippen molar-refractivity contribution in [2.45, 2.75) is 31.3 Å². The minimum Gasteiger partial charge on any atom is -0.441 e. The second-order valence-electron chi connectivity index (χ2n) is 7.51. The van der Waals surface area contributed by atoms with Gasteiger partial charge < -0.3 is 24.8 Å². The van der Waals surface area contributed by atoms with E-state index >= 15 is 0 Å². The van der Waals surface area contributed by atoms with Crippen LogP contribution in [-0.4, -0.2) is 54.6 Å². The van der Waals surface area contributed by atoms with E-state index in [0.29, 0.717) is 28.0 Å². The topological polar surface area (TPSA) is 97.9 Å². The average molecular weight is 476 g/mol. The molecule has 2 heterocycles. The number of hydrogen-bond acceptors (Lipinski definition) is 6. The Morgan fingerprint density at radius 1 is 0.969 bits per heavy atom. The van der Waals surface area contributed by atoms with E-state index in [9.17, 15) is 9.59 Å².